The third kappa shape index (κ3) is 4.36. The van der Waals surface area contributed by atoms with Crippen LogP contribution in [-0.2, 0) is 10.0 Å². The van der Waals surface area contributed by atoms with E-state index < -0.39 is 13.9 Å². The summed E-state index contributed by atoms with van der Waals surface area (Å²) in [6, 6.07) is 26.1. The molecule has 3 rings (SSSR count). The van der Waals surface area contributed by atoms with Gasteiger partial charge in [-0.2, -0.15) is 0 Å². The van der Waals surface area contributed by atoms with Crippen molar-refractivity contribution in [2.24, 2.45) is 0 Å². The molecule has 0 bridgehead atoms. The van der Waals surface area contributed by atoms with Gasteiger partial charge >= 0.3 is 0 Å². The highest BCUT2D eigenvalue weighted by atomic mass is 28.4. The van der Waals surface area contributed by atoms with Crippen LogP contribution < -0.4 is 5.32 Å². The SMILES string of the molecule is CC[Si](CC)(CC)OC(c1ccccc1)(c1ccccc1)[C@@H]1C[C@H](N(C)C)CN1. The van der Waals surface area contributed by atoms with Crippen molar-refractivity contribution in [3.63, 3.8) is 0 Å². The number of hydrogen-bond donors (Lipinski definition) is 1. The Morgan fingerprint density at radius 1 is 0.897 bits per heavy atom. The Morgan fingerprint density at radius 2 is 1.38 bits per heavy atom. The van der Waals surface area contributed by atoms with Gasteiger partial charge in [-0.25, -0.2) is 0 Å². The van der Waals surface area contributed by atoms with E-state index in [1.54, 1.807) is 0 Å². The van der Waals surface area contributed by atoms with Gasteiger partial charge in [0.25, 0.3) is 0 Å². The molecule has 2 atom stereocenters. The molecule has 0 unspecified atom stereocenters. The van der Waals surface area contributed by atoms with Crippen molar-refractivity contribution in [2.75, 3.05) is 20.6 Å². The Morgan fingerprint density at radius 3 is 1.76 bits per heavy atom. The van der Waals surface area contributed by atoms with E-state index in [2.05, 4.69) is 106 Å². The van der Waals surface area contributed by atoms with Gasteiger partial charge in [0.15, 0.2) is 8.32 Å². The van der Waals surface area contributed by atoms with E-state index in [0.29, 0.717) is 6.04 Å². The van der Waals surface area contributed by atoms with Gasteiger partial charge in [0.2, 0.25) is 0 Å². The van der Waals surface area contributed by atoms with Crippen LogP contribution in [0.1, 0.15) is 38.3 Å². The summed E-state index contributed by atoms with van der Waals surface area (Å²) >= 11 is 0. The van der Waals surface area contributed by atoms with Crippen LogP contribution in [0.4, 0.5) is 0 Å². The predicted octanol–water partition coefficient (Wildman–Crippen LogP) is 5.24. The lowest BCUT2D eigenvalue weighted by Crippen LogP contribution is -2.55. The summed E-state index contributed by atoms with van der Waals surface area (Å²) in [5.41, 5.74) is 2.09. The molecule has 0 aliphatic carbocycles. The molecular weight excluding hydrogens is 372 g/mol. The maximum atomic E-state index is 7.52. The number of hydrogen-bond acceptors (Lipinski definition) is 3. The van der Waals surface area contributed by atoms with Gasteiger partial charge in [0.1, 0.15) is 5.60 Å². The lowest BCUT2D eigenvalue weighted by molar-refractivity contribution is 0.0570. The summed E-state index contributed by atoms with van der Waals surface area (Å²) < 4.78 is 7.52. The number of nitrogens with one attached hydrogen (secondary N) is 1. The van der Waals surface area contributed by atoms with Gasteiger partial charge in [0.05, 0.1) is 0 Å². The highest BCUT2D eigenvalue weighted by Gasteiger charge is 2.50. The van der Waals surface area contributed by atoms with Crippen molar-refractivity contribution in [2.45, 2.75) is 63.0 Å². The maximum Gasteiger partial charge on any atom is 0.193 e. The summed E-state index contributed by atoms with van der Waals surface area (Å²) in [6.45, 7) is 7.97. The largest absolute Gasteiger partial charge is 0.402 e. The zero-order valence-corrected chi connectivity index (χ0v) is 19.8. The van der Waals surface area contributed by atoms with Crippen molar-refractivity contribution in [3.8, 4) is 0 Å². The topological polar surface area (TPSA) is 24.5 Å². The molecule has 0 aromatic heterocycles. The minimum Gasteiger partial charge on any atom is -0.402 e. The molecule has 2 aromatic rings. The Hall–Kier alpha value is -1.46. The zero-order chi connectivity index (χ0) is 20.9. The molecule has 158 valence electrons. The summed E-state index contributed by atoms with van der Waals surface area (Å²) in [5.74, 6) is 0. The minimum atomic E-state index is -1.89. The van der Waals surface area contributed by atoms with E-state index in [9.17, 15) is 0 Å². The van der Waals surface area contributed by atoms with Crippen LogP contribution in [0, 0.1) is 0 Å². The number of nitrogens with zero attached hydrogens (tertiary/aromatic N) is 1. The fourth-order valence-electron chi connectivity index (χ4n) is 4.86. The molecule has 1 fully saturated rings. The van der Waals surface area contributed by atoms with Crippen LogP contribution in [-0.4, -0.2) is 45.9 Å². The number of likely N-dealkylation sites (N-methyl/N-ethyl adjacent to an activating group) is 1. The van der Waals surface area contributed by atoms with Crippen molar-refractivity contribution in [1.82, 2.24) is 10.2 Å². The van der Waals surface area contributed by atoms with Crippen LogP contribution in [0.25, 0.3) is 0 Å². The van der Waals surface area contributed by atoms with Gasteiger partial charge < -0.3 is 14.6 Å². The molecule has 1 N–H and O–H groups in total. The van der Waals surface area contributed by atoms with Crippen LogP contribution in [0.3, 0.4) is 0 Å². The highest BCUT2D eigenvalue weighted by Crippen LogP contribution is 2.44. The van der Waals surface area contributed by atoms with E-state index in [1.165, 1.54) is 11.1 Å². The number of rotatable bonds is 9. The minimum absolute atomic E-state index is 0.247. The second-order valence-electron chi connectivity index (χ2n) is 8.63. The van der Waals surface area contributed by atoms with Crippen molar-refractivity contribution in [3.05, 3.63) is 71.8 Å². The molecule has 29 heavy (non-hydrogen) atoms. The Labute approximate surface area is 178 Å². The zero-order valence-electron chi connectivity index (χ0n) is 18.8. The first-order valence-electron chi connectivity index (χ1n) is 11.2. The molecule has 1 heterocycles. The lowest BCUT2D eigenvalue weighted by Gasteiger charge is -2.47. The van der Waals surface area contributed by atoms with E-state index >= 15 is 0 Å². The second-order valence-corrected chi connectivity index (χ2v) is 13.3. The van der Waals surface area contributed by atoms with Crippen LogP contribution in [0.2, 0.25) is 18.1 Å². The van der Waals surface area contributed by atoms with Crippen molar-refractivity contribution in [1.29, 1.82) is 0 Å². The molecule has 2 aromatic carbocycles. The normalized spacial score (nSPS) is 20.3. The standard InChI is InChI=1S/C25H38N2OSi/c1-6-29(7-2,8-3)28-25(21-15-11-9-12-16-21,22-17-13-10-14-18-22)24-19-23(20-26-24)27(4)5/h9-18,23-24,26H,6-8,19-20H2,1-5H3/t23-,24-/m0/s1. The van der Waals surface area contributed by atoms with Gasteiger partial charge in [-0.05, 0) is 49.8 Å². The van der Waals surface area contributed by atoms with E-state index in [-0.39, 0.29) is 6.04 Å². The molecule has 1 saturated heterocycles. The predicted molar refractivity (Wildman–Crippen MR) is 126 cm³/mol. The lowest BCUT2D eigenvalue weighted by atomic mass is 9.79. The van der Waals surface area contributed by atoms with Crippen LogP contribution >= 0.6 is 0 Å². The quantitative estimate of drug-likeness (QED) is 0.572. The molecular formula is C25H38N2OSi. The summed E-state index contributed by atoms with van der Waals surface area (Å²) in [7, 11) is 2.48. The van der Waals surface area contributed by atoms with Crippen molar-refractivity contribution >= 4 is 8.32 Å². The number of benzene rings is 2. The van der Waals surface area contributed by atoms with Gasteiger partial charge in [-0.15, -0.1) is 0 Å². The van der Waals surface area contributed by atoms with Crippen LogP contribution in [0.15, 0.2) is 60.7 Å². The summed E-state index contributed by atoms with van der Waals surface area (Å²) in [5, 5.41) is 3.88. The molecule has 0 spiro atoms. The molecule has 0 radical (unpaired) electrons. The first-order valence-corrected chi connectivity index (χ1v) is 13.7. The molecule has 3 nitrogen and oxygen atoms in total. The first-order chi connectivity index (χ1) is 14.0. The van der Waals surface area contributed by atoms with Crippen LogP contribution in [0.5, 0.6) is 0 Å². The monoisotopic (exact) mass is 410 g/mol. The first kappa shape index (κ1) is 22.2. The molecule has 1 aliphatic heterocycles. The average molecular weight is 411 g/mol. The summed E-state index contributed by atoms with van der Waals surface area (Å²) in [6.07, 6.45) is 1.08. The van der Waals surface area contributed by atoms with E-state index in [4.69, 9.17) is 4.43 Å². The summed E-state index contributed by atoms with van der Waals surface area (Å²) in [4.78, 5) is 2.35. The van der Waals surface area contributed by atoms with E-state index in [0.717, 1.165) is 31.1 Å². The molecule has 0 saturated carbocycles. The Kier molecular flexibility index (Phi) is 7.33. The Balaban J connectivity index is 2.20. The smallest absolute Gasteiger partial charge is 0.193 e. The molecule has 0 amide bonds. The van der Waals surface area contributed by atoms with Gasteiger partial charge in [-0.3, -0.25) is 0 Å². The highest BCUT2D eigenvalue weighted by molar-refractivity contribution is 6.73. The average Bonchev–Trinajstić information content (AvgIpc) is 3.28. The van der Waals surface area contributed by atoms with Crippen molar-refractivity contribution < 1.29 is 4.43 Å². The Bertz CT molecular complexity index is 698. The molecule has 4 heteroatoms. The van der Waals surface area contributed by atoms with Gasteiger partial charge in [0, 0.05) is 18.6 Å². The van der Waals surface area contributed by atoms with E-state index in [1.807, 2.05) is 0 Å². The van der Waals surface area contributed by atoms with Gasteiger partial charge in [-0.1, -0.05) is 81.4 Å². The second kappa shape index (κ2) is 9.56. The molecule has 1 aliphatic rings. The third-order valence-corrected chi connectivity index (χ3v) is 11.7. The fourth-order valence-corrected chi connectivity index (χ4v) is 7.85. The maximum absolute atomic E-state index is 7.52. The third-order valence-electron chi connectivity index (χ3n) is 7.04. The fraction of sp³-hybridized carbons (Fsp3) is 0.520.